The molecule has 0 spiro atoms. The molecule has 0 radical (unpaired) electrons. The third kappa shape index (κ3) is 4.83. The Morgan fingerprint density at radius 3 is 1.74 bits per heavy atom. The standard InChI is InChI=1S/C62H53BN2S/c1-59(2,3)34-19-22-36(23-20-34)65-53-33-56-46(45-27-35(60(4,5)6)21-26-55(45)66-56)29-43(53)39-24-25-40-44-28-41-37-15-11-13-17-47(37)61(7,8)49(41)31-52(44)64-54-32-50-42(30-51(54)63(65)57(39)58(40)64)38-16-12-14-18-48(38)62(50,9)10/h11-33H,1-10H3. The minimum Gasteiger partial charge on any atom is -0.376 e. The number of fused-ring (bicyclic) bond motifs is 17. The van der Waals surface area contributed by atoms with Crippen LogP contribution in [0.25, 0.3) is 81.0 Å². The zero-order valence-electron chi connectivity index (χ0n) is 39.7. The lowest BCUT2D eigenvalue weighted by Crippen LogP contribution is -2.60. The van der Waals surface area contributed by atoms with Gasteiger partial charge < -0.3 is 9.38 Å². The van der Waals surface area contributed by atoms with E-state index < -0.39 is 0 Å². The van der Waals surface area contributed by atoms with E-state index >= 15 is 0 Å². The van der Waals surface area contributed by atoms with Gasteiger partial charge in [-0.25, -0.2) is 0 Å². The highest BCUT2D eigenvalue weighted by molar-refractivity contribution is 7.25. The average Bonchev–Trinajstić information content (AvgIpc) is 3.96. The first-order chi connectivity index (χ1) is 31.5. The van der Waals surface area contributed by atoms with E-state index in [1.54, 1.807) is 0 Å². The van der Waals surface area contributed by atoms with E-state index in [0.29, 0.717) is 0 Å². The fourth-order valence-electron chi connectivity index (χ4n) is 12.9. The molecule has 8 aromatic carbocycles. The van der Waals surface area contributed by atoms with Crippen molar-refractivity contribution in [3.05, 3.63) is 173 Å². The highest BCUT2D eigenvalue weighted by atomic mass is 32.1. The monoisotopic (exact) mass is 868 g/mol. The maximum atomic E-state index is 2.73. The predicted molar refractivity (Wildman–Crippen MR) is 285 cm³/mol. The second-order valence-electron chi connectivity index (χ2n) is 23.0. The molecular weight excluding hydrogens is 816 g/mol. The van der Waals surface area contributed by atoms with E-state index in [9.17, 15) is 0 Å². The molecule has 0 unspecified atom stereocenters. The molecule has 66 heavy (non-hydrogen) atoms. The molecule has 0 N–H and O–H groups in total. The first-order valence-corrected chi connectivity index (χ1v) is 24.8. The SMILES string of the molecule is CC(C)(C)c1ccc(N2B3c4cc5c(cc4-n4c6cc7c(cc6c6ccc(c3c64)-c3cc4c(cc32)sc2ccc(C(C)(C)C)cc24)-c2ccccc2C7(C)C)C(C)(C)c2ccccc2-5)cc1. The summed E-state index contributed by atoms with van der Waals surface area (Å²) in [5.41, 5.74) is 25.5. The van der Waals surface area contributed by atoms with Gasteiger partial charge in [-0.3, -0.25) is 0 Å². The summed E-state index contributed by atoms with van der Waals surface area (Å²) in [6.07, 6.45) is 0. The molecular formula is C62H53BN2S. The van der Waals surface area contributed by atoms with Crippen LogP contribution < -0.4 is 15.7 Å². The molecule has 0 atom stereocenters. The summed E-state index contributed by atoms with van der Waals surface area (Å²) in [4.78, 5) is 2.73. The zero-order chi connectivity index (χ0) is 45.1. The highest BCUT2D eigenvalue weighted by Gasteiger charge is 2.47. The average molecular weight is 869 g/mol. The van der Waals surface area contributed by atoms with Crippen LogP contribution in [0.4, 0.5) is 11.4 Å². The summed E-state index contributed by atoms with van der Waals surface area (Å²) in [7, 11) is 0. The van der Waals surface area contributed by atoms with Gasteiger partial charge in [-0.05, 0) is 138 Å². The van der Waals surface area contributed by atoms with Crippen molar-refractivity contribution >= 4 is 82.5 Å². The minimum absolute atomic E-state index is 0.0424. The van der Waals surface area contributed by atoms with Gasteiger partial charge in [0.05, 0.1) is 11.0 Å². The molecule has 4 heteroatoms. The van der Waals surface area contributed by atoms with Crippen molar-refractivity contribution in [1.29, 1.82) is 0 Å². The first-order valence-electron chi connectivity index (χ1n) is 24.0. The van der Waals surface area contributed by atoms with E-state index in [-0.39, 0.29) is 28.5 Å². The van der Waals surface area contributed by atoms with Crippen LogP contribution in [0.2, 0.25) is 0 Å². The molecule has 2 aliphatic carbocycles. The highest BCUT2D eigenvalue weighted by Crippen LogP contribution is 2.55. The Hall–Kier alpha value is -6.36. The lowest BCUT2D eigenvalue weighted by molar-refractivity contribution is 0.590. The molecule has 0 amide bonds. The summed E-state index contributed by atoms with van der Waals surface area (Å²) < 4.78 is 5.38. The number of aromatic nitrogens is 1. The van der Waals surface area contributed by atoms with Crippen LogP contribution in [0.15, 0.2) is 140 Å². The molecule has 0 saturated heterocycles. The van der Waals surface area contributed by atoms with Crippen molar-refractivity contribution in [2.24, 2.45) is 0 Å². The molecule has 4 aliphatic rings. The fourth-order valence-corrected chi connectivity index (χ4v) is 14.0. The number of rotatable bonds is 1. The van der Waals surface area contributed by atoms with E-state index in [2.05, 4.69) is 218 Å². The Morgan fingerprint density at radius 1 is 0.455 bits per heavy atom. The van der Waals surface area contributed by atoms with Gasteiger partial charge in [0, 0.05) is 64.4 Å². The van der Waals surface area contributed by atoms with Gasteiger partial charge in [0.25, 0.3) is 0 Å². The van der Waals surface area contributed by atoms with Gasteiger partial charge in [-0.1, -0.05) is 154 Å². The largest absolute Gasteiger partial charge is 0.376 e. The maximum Gasteiger partial charge on any atom is 0.333 e. The van der Waals surface area contributed by atoms with Gasteiger partial charge in [0.1, 0.15) is 0 Å². The number of hydrogen-bond donors (Lipinski definition) is 0. The summed E-state index contributed by atoms with van der Waals surface area (Å²) >= 11 is 1.93. The Balaban J connectivity index is 1.14. The molecule has 10 aromatic rings. The van der Waals surface area contributed by atoms with Gasteiger partial charge >= 0.3 is 6.85 Å². The van der Waals surface area contributed by atoms with Crippen molar-refractivity contribution in [2.45, 2.75) is 90.9 Å². The van der Waals surface area contributed by atoms with Crippen LogP contribution >= 0.6 is 11.3 Å². The first kappa shape index (κ1) is 38.9. The zero-order valence-corrected chi connectivity index (χ0v) is 40.5. The Labute approximate surface area is 392 Å². The van der Waals surface area contributed by atoms with E-state index in [4.69, 9.17) is 0 Å². The van der Waals surface area contributed by atoms with Gasteiger partial charge in [-0.2, -0.15) is 0 Å². The summed E-state index contributed by atoms with van der Waals surface area (Å²) in [5.74, 6) is 0. The van der Waals surface area contributed by atoms with Crippen molar-refractivity contribution in [3.8, 4) is 39.1 Å². The molecule has 0 fully saturated rings. The second-order valence-corrected chi connectivity index (χ2v) is 24.1. The van der Waals surface area contributed by atoms with Gasteiger partial charge in [0.15, 0.2) is 0 Å². The normalized spacial score (nSPS) is 15.9. The van der Waals surface area contributed by atoms with Crippen LogP contribution in [0.1, 0.15) is 103 Å². The third-order valence-electron chi connectivity index (χ3n) is 16.5. The third-order valence-corrected chi connectivity index (χ3v) is 17.6. The lowest BCUT2D eigenvalue weighted by Gasteiger charge is -2.42. The van der Waals surface area contributed by atoms with Crippen LogP contribution in [-0.4, -0.2) is 11.4 Å². The smallest absolute Gasteiger partial charge is 0.333 e. The van der Waals surface area contributed by atoms with Crippen LogP contribution in [-0.2, 0) is 21.7 Å². The molecule has 2 nitrogen and oxygen atoms in total. The number of thiophene rings is 1. The van der Waals surface area contributed by atoms with Crippen molar-refractivity contribution in [2.75, 3.05) is 4.81 Å². The molecule has 4 heterocycles. The van der Waals surface area contributed by atoms with Crippen molar-refractivity contribution in [1.82, 2.24) is 4.57 Å². The number of nitrogens with zero attached hydrogens (tertiary/aromatic N) is 2. The number of anilines is 2. The maximum absolute atomic E-state index is 2.73. The topological polar surface area (TPSA) is 8.17 Å². The lowest BCUT2D eigenvalue weighted by atomic mass is 9.43. The summed E-state index contributed by atoms with van der Waals surface area (Å²) in [6, 6.07) is 55.3. The fraction of sp³-hybridized carbons (Fsp3) is 0.226. The van der Waals surface area contributed by atoms with E-state index in [1.807, 2.05) is 11.3 Å². The van der Waals surface area contributed by atoms with Crippen LogP contribution in [0.3, 0.4) is 0 Å². The Morgan fingerprint density at radius 2 is 1.06 bits per heavy atom. The minimum atomic E-state index is -0.142. The molecule has 14 rings (SSSR count). The number of benzene rings is 8. The molecule has 0 saturated carbocycles. The predicted octanol–water partition coefficient (Wildman–Crippen LogP) is 15.6. The molecule has 320 valence electrons. The summed E-state index contributed by atoms with van der Waals surface area (Å²) in [5, 5.41) is 5.36. The van der Waals surface area contributed by atoms with Crippen LogP contribution in [0.5, 0.6) is 0 Å². The van der Waals surface area contributed by atoms with Crippen molar-refractivity contribution in [3.63, 3.8) is 0 Å². The molecule has 2 aromatic heterocycles. The molecule has 0 bridgehead atoms. The number of hydrogen-bond acceptors (Lipinski definition) is 2. The van der Waals surface area contributed by atoms with E-state index in [0.717, 1.165) is 0 Å². The quantitative estimate of drug-likeness (QED) is 0.149. The summed E-state index contributed by atoms with van der Waals surface area (Å²) in [6.45, 7) is 23.6. The van der Waals surface area contributed by atoms with Crippen molar-refractivity contribution < 1.29 is 0 Å². The second kappa shape index (κ2) is 12.3. The van der Waals surface area contributed by atoms with Gasteiger partial charge in [-0.15, -0.1) is 11.3 Å². The Bertz CT molecular complexity index is 3840. The van der Waals surface area contributed by atoms with E-state index in [1.165, 1.54) is 137 Å². The Kier molecular flexibility index (Phi) is 7.27. The molecule has 2 aliphatic heterocycles. The van der Waals surface area contributed by atoms with Gasteiger partial charge in [0.2, 0.25) is 0 Å². The van der Waals surface area contributed by atoms with Crippen LogP contribution in [0, 0.1) is 0 Å².